The minimum atomic E-state index is -0.754. The molecule has 0 aliphatic rings. The molecule has 8 heteroatoms. The molecule has 0 aliphatic carbocycles. The average Bonchev–Trinajstić information content (AvgIpc) is 2.82. The van der Waals surface area contributed by atoms with Crippen molar-refractivity contribution < 1.29 is 9.31 Å². The normalized spacial score (nSPS) is 9.75. The van der Waals surface area contributed by atoms with Gasteiger partial charge in [-0.25, -0.2) is 9.37 Å². The van der Waals surface area contributed by atoms with E-state index in [-0.39, 0.29) is 29.2 Å². The second-order valence-corrected chi connectivity index (χ2v) is 3.83. The van der Waals surface area contributed by atoms with Gasteiger partial charge in [0.05, 0.1) is 23.9 Å². The van der Waals surface area contributed by atoms with Crippen LogP contribution in [0.1, 0.15) is 17.0 Å². The van der Waals surface area contributed by atoms with Crippen LogP contribution in [0.3, 0.4) is 0 Å². The number of nitro benzene ring substituents is 1. The highest BCUT2D eigenvalue weighted by Gasteiger charge is 2.14. The van der Waals surface area contributed by atoms with Gasteiger partial charge in [0.25, 0.3) is 5.69 Å². The number of nitrogens with zero attached hydrogens (tertiary/aromatic N) is 5. The first kappa shape index (κ1) is 13.2. The van der Waals surface area contributed by atoms with Crippen molar-refractivity contribution in [2.45, 2.75) is 6.54 Å². The largest absolute Gasteiger partial charge is 0.317 e. The molecule has 2 aromatic rings. The van der Waals surface area contributed by atoms with Gasteiger partial charge in [-0.15, -0.1) is 0 Å². The van der Waals surface area contributed by atoms with Crippen LogP contribution < -0.4 is 0 Å². The Kier molecular flexibility index (Phi) is 3.40. The smallest absolute Gasteiger partial charge is 0.272 e. The second kappa shape index (κ2) is 5.16. The molecule has 2 rings (SSSR count). The van der Waals surface area contributed by atoms with E-state index in [2.05, 4.69) is 4.98 Å². The van der Waals surface area contributed by atoms with E-state index in [1.54, 1.807) is 6.07 Å². The van der Waals surface area contributed by atoms with Gasteiger partial charge in [-0.05, 0) is 6.07 Å². The number of nitro groups is 1. The van der Waals surface area contributed by atoms with Crippen molar-refractivity contribution in [2.75, 3.05) is 0 Å². The first-order chi connectivity index (χ1) is 9.56. The monoisotopic (exact) mass is 271 g/mol. The molecule has 0 N–H and O–H groups in total. The summed E-state index contributed by atoms with van der Waals surface area (Å²) in [4.78, 5) is 13.5. The summed E-state index contributed by atoms with van der Waals surface area (Å²) in [5.41, 5.74) is -0.218. The molecule has 0 spiro atoms. The third kappa shape index (κ3) is 2.31. The first-order valence-corrected chi connectivity index (χ1v) is 5.35. The Morgan fingerprint density at radius 3 is 2.70 bits per heavy atom. The molecule has 98 valence electrons. The molecule has 0 aliphatic heterocycles. The van der Waals surface area contributed by atoms with Gasteiger partial charge in [-0.3, -0.25) is 10.1 Å². The van der Waals surface area contributed by atoms with Crippen LogP contribution in [-0.2, 0) is 6.54 Å². The molecule has 0 fully saturated rings. The number of aromatic nitrogens is 2. The lowest BCUT2D eigenvalue weighted by atomic mass is 10.2. The van der Waals surface area contributed by atoms with E-state index >= 15 is 0 Å². The molecule has 1 aromatic carbocycles. The van der Waals surface area contributed by atoms with Crippen molar-refractivity contribution >= 4 is 5.69 Å². The zero-order chi connectivity index (χ0) is 14.7. The predicted octanol–water partition coefficient (Wildman–Crippen LogP) is 1.72. The number of nitriles is 2. The Hall–Kier alpha value is -3.26. The molecule has 0 saturated carbocycles. The fourth-order valence-electron chi connectivity index (χ4n) is 1.66. The van der Waals surface area contributed by atoms with Gasteiger partial charge in [0.15, 0.2) is 11.4 Å². The number of rotatable bonds is 3. The maximum atomic E-state index is 13.7. The lowest BCUT2D eigenvalue weighted by molar-refractivity contribution is -0.385. The highest BCUT2D eigenvalue weighted by atomic mass is 19.1. The standard InChI is InChI=1S/C12H6FN5O2/c13-10-3-9(18(19)20)2-1-8(10)6-17-7-16-11(4-14)12(17)5-15/h1-3,7H,6H2. The fraction of sp³-hybridized carbons (Fsp3) is 0.0833. The van der Waals surface area contributed by atoms with E-state index in [0.29, 0.717) is 0 Å². The Bertz CT molecular complexity index is 769. The number of hydrogen-bond acceptors (Lipinski definition) is 5. The summed E-state index contributed by atoms with van der Waals surface area (Å²) in [5, 5.41) is 28.2. The fourth-order valence-corrected chi connectivity index (χ4v) is 1.66. The second-order valence-electron chi connectivity index (χ2n) is 3.83. The summed E-state index contributed by atoms with van der Waals surface area (Å²) in [6.45, 7) is -0.0403. The lowest BCUT2D eigenvalue weighted by Crippen LogP contribution is -2.04. The van der Waals surface area contributed by atoms with E-state index in [1.165, 1.54) is 23.0 Å². The summed E-state index contributed by atoms with van der Waals surface area (Å²) in [6, 6.07) is 6.81. The van der Waals surface area contributed by atoms with Crippen LogP contribution in [-0.4, -0.2) is 14.5 Å². The highest BCUT2D eigenvalue weighted by Crippen LogP contribution is 2.18. The van der Waals surface area contributed by atoms with E-state index in [9.17, 15) is 14.5 Å². The molecule has 0 saturated heterocycles. The molecule has 0 radical (unpaired) electrons. The number of halogens is 1. The maximum Gasteiger partial charge on any atom is 0.272 e. The SMILES string of the molecule is N#Cc1ncn(Cc2ccc([N+](=O)[O-])cc2F)c1C#N. The van der Waals surface area contributed by atoms with Gasteiger partial charge in [0.1, 0.15) is 18.0 Å². The third-order valence-electron chi connectivity index (χ3n) is 2.64. The molecule has 20 heavy (non-hydrogen) atoms. The topological polar surface area (TPSA) is 109 Å². The number of non-ortho nitro benzene ring substituents is 1. The van der Waals surface area contributed by atoms with Gasteiger partial charge >= 0.3 is 0 Å². The molecule has 1 heterocycles. The minimum Gasteiger partial charge on any atom is -0.317 e. The van der Waals surface area contributed by atoms with Crippen LogP contribution >= 0.6 is 0 Å². The molecular weight excluding hydrogens is 265 g/mol. The van der Waals surface area contributed by atoms with Crippen molar-refractivity contribution in [1.82, 2.24) is 9.55 Å². The van der Waals surface area contributed by atoms with Crippen molar-refractivity contribution in [1.29, 1.82) is 10.5 Å². The minimum absolute atomic E-state index is 0.0188. The molecule has 0 bridgehead atoms. The van der Waals surface area contributed by atoms with Crippen LogP contribution in [0.15, 0.2) is 24.5 Å². The molecular formula is C12H6FN5O2. The first-order valence-electron chi connectivity index (χ1n) is 5.35. The molecule has 7 nitrogen and oxygen atoms in total. The van der Waals surface area contributed by atoms with Crippen LogP contribution in [0, 0.1) is 38.6 Å². The predicted molar refractivity (Wildman–Crippen MR) is 63.8 cm³/mol. The zero-order valence-electron chi connectivity index (χ0n) is 9.95. The number of benzene rings is 1. The van der Waals surface area contributed by atoms with Crippen molar-refractivity contribution in [3.63, 3.8) is 0 Å². The summed E-state index contributed by atoms with van der Waals surface area (Å²) in [6.07, 6.45) is 1.25. The van der Waals surface area contributed by atoms with Gasteiger partial charge in [-0.1, -0.05) is 0 Å². The van der Waals surface area contributed by atoms with Gasteiger partial charge in [0.2, 0.25) is 0 Å². The zero-order valence-corrected chi connectivity index (χ0v) is 9.95. The van der Waals surface area contributed by atoms with Crippen molar-refractivity contribution in [3.8, 4) is 12.1 Å². The van der Waals surface area contributed by atoms with Gasteiger partial charge in [-0.2, -0.15) is 10.5 Å². The Balaban J connectivity index is 2.37. The van der Waals surface area contributed by atoms with Crippen LogP contribution in [0.25, 0.3) is 0 Å². The van der Waals surface area contributed by atoms with Crippen LogP contribution in [0.4, 0.5) is 10.1 Å². The molecule has 0 amide bonds. The van der Waals surface area contributed by atoms with E-state index in [1.807, 2.05) is 6.07 Å². The Morgan fingerprint density at radius 1 is 1.40 bits per heavy atom. The average molecular weight is 271 g/mol. The van der Waals surface area contributed by atoms with E-state index < -0.39 is 10.7 Å². The van der Waals surface area contributed by atoms with Crippen molar-refractivity contribution in [3.05, 3.63) is 57.4 Å². The Morgan fingerprint density at radius 2 is 2.15 bits per heavy atom. The van der Waals surface area contributed by atoms with E-state index in [4.69, 9.17) is 10.5 Å². The van der Waals surface area contributed by atoms with Crippen molar-refractivity contribution in [2.24, 2.45) is 0 Å². The Labute approximate surface area is 112 Å². The molecule has 0 unspecified atom stereocenters. The number of hydrogen-bond donors (Lipinski definition) is 0. The molecule has 1 aromatic heterocycles. The van der Waals surface area contributed by atoms with Crippen LogP contribution in [0.2, 0.25) is 0 Å². The summed E-state index contributed by atoms with van der Waals surface area (Å²) in [7, 11) is 0. The third-order valence-corrected chi connectivity index (χ3v) is 2.64. The molecule has 0 atom stereocenters. The van der Waals surface area contributed by atoms with Gasteiger partial charge in [0, 0.05) is 11.6 Å². The summed E-state index contributed by atoms with van der Waals surface area (Å²) >= 11 is 0. The number of imidazole rings is 1. The quantitative estimate of drug-likeness (QED) is 0.623. The maximum absolute atomic E-state index is 13.7. The van der Waals surface area contributed by atoms with Gasteiger partial charge < -0.3 is 4.57 Å². The lowest BCUT2D eigenvalue weighted by Gasteiger charge is -2.05. The van der Waals surface area contributed by atoms with E-state index in [0.717, 1.165) is 6.07 Å². The summed E-state index contributed by atoms with van der Waals surface area (Å²) in [5.74, 6) is -0.754. The highest BCUT2D eigenvalue weighted by molar-refractivity contribution is 5.38. The summed E-state index contributed by atoms with van der Waals surface area (Å²) < 4.78 is 15.0. The van der Waals surface area contributed by atoms with Crippen LogP contribution in [0.5, 0.6) is 0 Å².